The maximum absolute atomic E-state index is 13.0. The average Bonchev–Trinajstić information content (AvgIpc) is 2.84. The zero-order chi connectivity index (χ0) is 24.7. The number of nitrogens with two attached hydrogens (primary N) is 1. The first-order valence-corrected chi connectivity index (χ1v) is 10.5. The van der Waals surface area contributed by atoms with Crippen molar-refractivity contribution >= 4 is 23.4 Å². The van der Waals surface area contributed by atoms with Crippen molar-refractivity contribution in [2.45, 2.75) is 19.9 Å². The van der Waals surface area contributed by atoms with Gasteiger partial charge in [-0.05, 0) is 24.1 Å². The second kappa shape index (κ2) is 10.9. The summed E-state index contributed by atoms with van der Waals surface area (Å²) in [6.45, 7) is 1.35. The summed E-state index contributed by atoms with van der Waals surface area (Å²) >= 11 is 0. The number of hydrogen-bond acceptors (Lipinski definition) is 8. The van der Waals surface area contributed by atoms with E-state index in [0.717, 1.165) is 10.5 Å². The van der Waals surface area contributed by atoms with Crippen LogP contribution in [-0.4, -0.2) is 46.7 Å². The lowest BCUT2D eigenvalue weighted by atomic mass is 10.2. The van der Waals surface area contributed by atoms with Crippen LogP contribution in [0.2, 0.25) is 0 Å². The number of esters is 1. The number of H-pyrrole nitrogens is 1. The van der Waals surface area contributed by atoms with Gasteiger partial charge in [-0.3, -0.25) is 19.1 Å². The Hall–Kier alpha value is -4.41. The summed E-state index contributed by atoms with van der Waals surface area (Å²) in [6, 6.07) is 12.0. The van der Waals surface area contributed by atoms with E-state index in [4.69, 9.17) is 15.2 Å². The van der Waals surface area contributed by atoms with E-state index in [9.17, 15) is 19.2 Å². The number of anilines is 2. The van der Waals surface area contributed by atoms with E-state index in [-0.39, 0.29) is 36.0 Å². The molecule has 1 aromatic carbocycles. The van der Waals surface area contributed by atoms with E-state index < -0.39 is 29.7 Å². The molecule has 2 aromatic heterocycles. The molecule has 0 saturated heterocycles. The van der Waals surface area contributed by atoms with Gasteiger partial charge in [0.25, 0.3) is 11.5 Å². The Kier molecular flexibility index (Phi) is 7.80. The first kappa shape index (κ1) is 24.2. The molecule has 0 aliphatic heterocycles. The van der Waals surface area contributed by atoms with Gasteiger partial charge in [-0.2, -0.15) is 0 Å². The summed E-state index contributed by atoms with van der Waals surface area (Å²) in [4.78, 5) is 57.8. The van der Waals surface area contributed by atoms with Crippen LogP contribution in [0, 0.1) is 0 Å². The Morgan fingerprint density at radius 2 is 1.88 bits per heavy atom. The number of aromatic nitrogens is 3. The highest BCUT2D eigenvalue weighted by molar-refractivity contribution is 5.99. The third-order valence-electron chi connectivity index (χ3n) is 4.93. The minimum absolute atomic E-state index is 0.0496. The summed E-state index contributed by atoms with van der Waals surface area (Å²) in [5, 5.41) is 0. The van der Waals surface area contributed by atoms with Crippen molar-refractivity contribution in [2.24, 2.45) is 0 Å². The van der Waals surface area contributed by atoms with Crippen LogP contribution in [0.15, 0.2) is 58.3 Å². The number of ether oxygens (including phenoxy) is 2. The van der Waals surface area contributed by atoms with Gasteiger partial charge in [0.2, 0.25) is 5.88 Å². The zero-order valence-corrected chi connectivity index (χ0v) is 18.8. The van der Waals surface area contributed by atoms with Crippen LogP contribution in [0.3, 0.4) is 0 Å². The molecule has 1 amide bonds. The number of amides is 1. The van der Waals surface area contributed by atoms with Crippen molar-refractivity contribution < 1.29 is 19.1 Å². The maximum Gasteiger partial charge on any atom is 0.344 e. The van der Waals surface area contributed by atoms with Gasteiger partial charge >= 0.3 is 11.7 Å². The predicted molar refractivity (Wildman–Crippen MR) is 125 cm³/mol. The van der Waals surface area contributed by atoms with E-state index >= 15 is 0 Å². The van der Waals surface area contributed by atoms with Gasteiger partial charge in [-0.25, -0.2) is 14.6 Å². The monoisotopic (exact) mass is 467 g/mol. The highest BCUT2D eigenvalue weighted by atomic mass is 16.5. The van der Waals surface area contributed by atoms with Crippen LogP contribution in [0.5, 0.6) is 5.88 Å². The Balaban J connectivity index is 1.88. The molecule has 11 nitrogen and oxygen atoms in total. The summed E-state index contributed by atoms with van der Waals surface area (Å²) in [5.41, 5.74) is 5.34. The first-order valence-electron chi connectivity index (χ1n) is 10.5. The fraction of sp³-hybridized carbons (Fsp3) is 0.261. The normalized spacial score (nSPS) is 10.5. The highest BCUT2D eigenvalue weighted by Gasteiger charge is 2.25. The lowest BCUT2D eigenvalue weighted by molar-refractivity contribution is -0.121. The van der Waals surface area contributed by atoms with Gasteiger partial charge in [-0.15, -0.1) is 0 Å². The molecule has 0 spiro atoms. The Morgan fingerprint density at radius 3 is 2.56 bits per heavy atom. The topological polar surface area (TPSA) is 150 Å². The van der Waals surface area contributed by atoms with Gasteiger partial charge in [0.15, 0.2) is 12.3 Å². The average molecular weight is 467 g/mol. The number of nitrogen functional groups attached to an aromatic ring is 1. The van der Waals surface area contributed by atoms with Crippen LogP contribution >= 0.6 is 0 Å². The largest absolute Gasteiger partial charge is 0.480 e. The van der Waals surface area contributed by atoms with Gasteiger partial charge in [0.05, 0.1) is 13.7 Å². The van der Waals surface area contributed by atoms with Crippen LogP contribution in [0.4, 0.5) is 11.5 Å². The number of rotatable bonds is 9. The van der Waals surface area contributed by atoms with E-state index in [2.05, 4.69) is 9.97 Å². The molecule has 11 heteroatoms. The molecule has 0 unspecified atom stereocenters. The Morgan fingerprint density at radius 1 is 1.15 bits per heavy atom. The quantitative estimate of drug-likeness (QED) is 0.445. The number of hydrogen-bond donors (Lipinski definition) is 2. The second-order valence-electron chi connectivity index (χ2n) is 7.25. The number of aromatic amines is 1. The molecule has 178 valence electrons. The van der Waals surface area contributed by atoms with Crippen molar-refractivity contribution in [3.05, 3.63) is 80.6 Å². The third kappa shape index (κ3) is 5.31. The molecule has 0 bridgehead atoms. The fourth-order valence-electron chi connectivity index (χ4n) is 3.34. The number of methoxy groups -OCH3 is 1. The van der Waals surface area contributed by atoms with Crippen molar-refractivity contribution in [3.63, 3.8) is 0 Å². The lowest BCUT2D eigenvalue weighted by Gasteiger charge is -2.24. The summed E-state index contributed by atoms with van der Waals surface area (Å²) < 4.78 is 11.3. The van der Waals surface area contributed by atoms with Crippen LogP contribution in [0.25, 0.3) is 0 Å². The van der Waals surface area contributed by atoms with E-state index in [1.54, 1.807) is 19.1 Å². The van der Waals surface area contributed by atoms with E-state index in [1.807, 2.05) is 18.2 Å². The third-order valence-corrected chi connectivity index (χ3v) is 4.93. The Labute approximate surface area is 194 Å². The summed E-state index contributed by atoms with van der Waals surface area (Å²) in [7, 11) is 1.35. The lowest BCUT2D eigenvalue weighted by Crippen LogP contribution is -2.43. The molecule has 34 heavy (non-hydrogen) atoms. The van der Waals surface area contributed by atoms with Crippen LogP contribution in [-0.2, 0) is 16.1 Å². The number of carbonyl (C=O) groups excluding carboxylic acids is 2. The maximum atomic E-state index is 13.0. The van der Waals surface area contributed by atoms with Crippen molar-refractivity contribution in [1.82, 2.24) is 14.5 Å². The number of nitrogens with one attached hydrogen (secondary N) is 1. The first-order chi connectivity index (χ1) is 16.4. The van der Waals surface area contributed by atoms with Gasteiger partial charge in [-0.1, -0.05) is 37.3 Å². The molecule has 0 atom stereocenters. The molecule has 2 heterocycles. The molecule has 0 aliphatic rings. The minimum Gasteiger partial charge on any atom is -0.480 e. The summed E-state index contributed by atoms with van der Waals surface area (Å²) in [5.74, 6) is -1.61. The smallest absolute Gasteiger partial charge is 0.344 e. The fourth-order valence-corrected chi connectivity index (χ4v) is 3.34. The number of carbonyl (C=O) groups is 2. The molecular formula is C23H25N5O6. The number of pyridine rings is 1. The van der Waals surface area contributed by atoms with Crippen LogP contribution in [0.1, 0.15) is 29.3 Å². The minimum atomic E-state index is -0.814. The molecule has 3 aromatic rings. The number of nitrogens with zero attached hydrogens (tertiary/aromatic N) is 3. The van der Waals surface area contributed by atoms with Gasteiger partial charge < -0.3 is 20.1 Å². The van der Waals surface area contributed by atoms with Crippen LogP contribution < -0.4 is 26.6 Å². The molecule has 0 saturated carbocycles. The molecule has 3 rings (SSSR count). The summed E-state index contributed by atoms with van der Waals surface area (Å²) in [6.07, 6.45) is 1.93. The van der Waals surface area contributed by atoms with Crippen molar-refractivity contribution in [3.8, 4) is 5.88 Å². The van der Waals surface area contributed by atoms with Gasteiger partial charge in [0.1, 0.15) is 11.4 Å². The standard InChI is InChI=1S/C23H25N5O6/c1-3-12-27(17(29)14-34-22(31)16-10-7-11-25-21(16)33-2)18-19(24)28(23(32)26-20(18)30)13-15-8-5-4-6-9-15/h4-11H,3,12-14,24H2,1-2H3,(H,26,30,32). The molecule has 0 fully saturated rings. The zero-order valence-electron chi connectivity index (χ0n) is 18.8. The SMILES string of the molecule is CCCN(C(=O)COC(=O)c1cccnc1OC)c1c(N)n(Cc2ccccc2)c(=O)[nH]c1=O. The highest BCUT2D eigenvalue weighted by Crippen LogP contribution is 2.19. The molecular weight excluding hydrogens is 442 g/mol. The Bertz CT molecular complexity index is 1280. The molecule has 3 N–H and O–H groups in total. The van der Waals surface area contributed by atoms with Crippen molar-refractivity contribution in [1.29, 1.82) is 0 Å². The van der Waals surface area contributed by atoms with Gasteiger partial charge in [0, 0.05) is 12.7 Å². The number of benzene rings is 1. The second-order valence-corrected chi connectivity index (χ2v) is 7.25. The molecule has 0 aliphatic carbocycles. The van der Waals surface area contributed by atoms with E-state index in [0.29, 0.717) is 6.42 Å². The van der Waals surface area contributed by atoms with Crippen molar-refractivity contribution in [2.75, 3.05) is 30.9 Å². The van der Waals surface area contributed by atoms with E-state index in [1.165, 1.54) is 30.0 Å². The molecule has 0 radical (unpaired) electrons. The predicted octanol–water partition coefficient (Wildman–Crippen LogP) is 1.17.